The van der Waals surface area contributed by atoms with Gasteiger partial charge >= 0.3 is 6.09 Å². The van der Waals surface area contributed by atoms with Crippen molar-refractivity contribution in [2.45, 2.75) is 4.34 Å². The molecule has 7 heteroatoms. The van der Waals surface area contributed by atoms with E-state index >= 15 is 0 Å². The molecule has 5 nitrogen and oxygen atoms in total. The first-order valence-corrected chi connectivity index (χ1v) is 4.96. The van der Waals surface area contributed by atoms with Gasteiger partial charge in [0.25, 0.3) is 0 Å². The van der Waals surface area contributed by atoms with Crippen LogP contribution in [-0.2, 0) is 4.74 Å². The van der Waals surface area contributed by atoms with Gasteiger partial charge in [-0.2, -0.15) is 8.94 Å². The number of rotatable bonds is 1. The zero-order valence-corrected chi connectivity index (χ0v) is 8.16. The topological polar surface area (TPSA) is 68.0 Å². The summed E-state index contributed by atoms with van der Waals surface area (Å²) < 4.78 is 6.20. The summed E-state index contributed by atoms with van der Waals surface area (Å²) in [6, 6.07) is 0. The first kappa shape index (κ1) is 9.27. The van der Waals surface area contributed by atoms with Crippen LogP contribution in [0.5, 0.6) is 0 Å². The molecule has 0 bridgehead atoms. The number of thioether (sulfide) groups is 1. The summed E-state index contributed by atoms with van der Waals surface area (Å²) in [5.41, 5.74) is -0.0869. The molecule has 1 rings (SSSR count). The molecule has 1 aromatic rings. The number of methoxy groups -OCH3 is 1. The van der Waals surface area contributed by atoms with Gasteiger partial charge in [-0.3, -0.25) is 5.41 Å². The Morgan fingerprint density at radius 3 is 2.92 bits per heavy atom. The lowest BCUT2D eigenvalue weighted by Gasteiger charge is -1.93. The number of hydrogen-bond donors (Lipinski definition) is 1. The van der Waals surface area contributed by atoms with E-state index in [2.05, 4.69) is 9.72 Å². The Hall–Kier alpha value is -0.820. The second-order valence-corrected chi connectivity index (χ2v) is 3.75. The third kappa shape index (κ3) is 1.67. The van der Waals surface area contributed by atoms with Gasteiger partial charge in [0.1, 0.15) is 0 Å². The summed E-state index contributed by atoms with van der Waals surface area (Å²) >= 11 is 2.49. The number of carbonyl (C=O) groups excluding carboxylic acids is 1. The van der Waals surface area contributed by atoms with Gasteiger partial charge in [0, 0.05) is 0 Å². The fraction of sp³-hybridized carbons (Fsp3) is 0.400. The van der Waals surface area contributed by atoms with Crippen LogP contribution in [0.4, 0.5) is 4.79 Å². The van der Waals surface area contributed by atoms with Gasteiger partial charge in [-0.25, -0.2) is 4.79 Å². The molecule has 1 heterocycles. The summed E-state index contributed by atoms with van der Waals surface area (Å²) in [6.45, 7) is 0. The molecule has 0 aromatic carbocycles. The number of ether oxygens (including phenoxy) is 1. The van der Waals surface area contributed by atoms with Crippen LogP contribution in [0.1, 0.15) is 0 Å². The van der Waals surface area contributed by atoms with Gasteiger partial charge < -0.3 is 4.74 Å². The molecule has 0 radical (unpaired) electrons. The fourth-order valence-electron chi connectivity index (χ4n) is 0.563. The number of nitrogens with zero attached hydrogens (tertiary/aromatic N) is 2. The van der Waals surface area contributed by atoms with E-state index in [4.69, 9.17) is 5.41 Å². The molecule has 0 aliphatic rings. The van der Waals surface area contributed by atoms with Gasteiger partial charge in [-0.05, 0) is 17.8 Å². The van der Waals surface area contributed by atoms with Gasteiger partial charge in [0.15, 0.2) is 4.34 Å². The number of aromatic nitrogens is 2. The number of carbonyl (C=O) groups is 1. The van der Waals surface area contributed by atoms with Crippen molar-refractivity contribution in [1.29, 1.82) is 5.41 Å². The predicted octanol–water partition coefficient (Wildman–Crippen LogP) is 0.760. The van der Waals surface area contributed by atoms with Crippen LogP contribution < -0.4 is 5.62 Å². The van der Waals surface area contributed by atoms with Crippen molar-refractivity contribution in [3.05, 3.63) is 5.62 Å². The van der Waals surface area contributed by atoms with Crippen LogP contribution in [0.25, 0.3) is 0 Å². The Morgan fingerprint density at radius 2 is 2.50 bits per heavy atom. The highest BCUT2D eigenvalue weighted by atomic mass is 32.2. The lowest BCUT2D eigenvalue weighted by Crippen LogP contribution is -2.22. The Balaban J connectivity index is 3.08. The molecule has 0 unspecified atom stereocenters. The van der Waals surface area contributed by atoms with Crippen molar-refractivity contribution >= 4 is 29.4 Å². The number of nitrogens with one attached hydrogen (secondary N) is 1. The van der Waals surface area contributed by atoms with Crippen LogP contribution in [-0.4, -0.2) is 28.4 Å². The second kappa shape index (κ2) is 3.72. The van der Waals surface area contributed by atoms with Crippen molar-refractivity contribution in [3.8, 4) is 0 Å². The molecule has 0 atom stereocenters. The third-order valence-corrected chi connectivity index (χ3v) is 2.99. The average Bonchev–Trinajstić information content (AvgIpc) is 2.45. The van der Waals surface area contributed by atoms with Crippen LogP contribution >= 0.6 is 23.3 Å². The molecular formula is C5H7N3O2S2. The van der Waals surface area contributed by atoms with E-state index in [9.17, 15) is 4.79 Å². The molecule has 0 aliphatic heterocycles. The minimum atomic E-state index is -0.571. The lowest BCUT2D eigenvalue weighted by atomic mass is 11.0. The molecule has 1 N–H and O–H groups in total. The van der Waals surface area contributed by atoms with E-state index in [-0.39, 0.29) is 5.62 Å². The highest BCUT2D eigenvalue weighted by Crippen LogP contribution is 2.14. The van der Waals surface area contributed by atoms with Crippen molar-refractivity contribution < 1.29 is 9.53 Å². The Kier molecular flexibility index (Phi) is 2.88. The maximum atomic E-state index is 10.9. The summed E-state index contributed by atoms with van der Waals surface area (Å²) in [4.78, 5) is 14.8. The van der Waals surface area contributed by atoms with Crippen LogP contribution in [0.15, 0.2) is 4.34 Å². The summed E-state index contributed by atoms with van der Waals surface area (Å²) in [5, 5.41) is 7.28. The highest BCUT2D eigenvalue weighted by Gasteiger charge is 2.09. The van der Waals surface area contributed by atoms with Crippen LogP contribution in [0.2, 0.25) is 0 Å². The first-order valence-electron chi connectivity index (χ1n) is 2.96. The molecular weight excluding hydrogens is 198 g/mol. The summed E-state index contributed by atoms with van der Waals surface area (Å²) in [6.07, 6.45) is 1.26. The van der Waals surface area contributed by atoms with E-state index in [0.29, 0.717) is 4.34 Å². The van der Waals surface area contributed by atoms with Gasteiger partial charge in [-0.1, -0.05) is 11.8 Å². The Labute approximate surface area is 77.0 Å². The van der Waals surface area contributed by atoms with Crippen molar-refractivity contribution in [2.75, 3.05) is 13.4 Å². The summed E-state index contributed by atoms with van der Waals surface area (Å²) in [7, 11) is 1.27. The van der Waals surface area contributed by atoms with Gasteiger partial charge in [0.2, 0.25) is 5.62 Å². The zero-order valence-electron chi connectivity index (χ0n) is 6.53. The molecule has 1 aromatic heterocycles. The largest absolute Gasteiger partial charge is 0.452 e. The number of hydrogen-bond acceptors (Lipinski definition) is 6. The summed E-state index contributed by atoms with van der Waals surface area (Å²) in [5.74, 6) is 0. The van der Waals surface area contributed by atoms with Crippen molar-refractivity contribution in [3.63, 3.8) is 0 Å². The lowest BCUT2D eigenvalue weighted by molar-refractivity contribution is 0.174. The van der Waals surface area contributed by atoms with Crippen molar-refractivity contribution in [2.24, 2.45) is 0 Å². The smallest absolute Gasteiger partial charge is 0.430 e. The molecule has 0 spiro atoms. The molecule has 12 heavy (non-hydrogen) atoms. The monoisotopic (exact) mass is 205 g/mol. The molecule has 0 fully saturated rings. The molecule has 0 saturated heterocycles. The highest BCUT2D eigenvalue weighted by molar-refractivity contribution is 8.00. The molecule has 0 aliphatic carbocycles. The minimum Gasteiger partial charge on any atom is -0.452 e. The third-order valence-electron chi connectivity index (χ3n) is 1.07. The maximum Gasteiger partial charge on any atom is 0.430 e. The standard InChI is InChI=1S/C5H7N3O2S2/c1-10-5(9)8-3(6)7-4(11-2)12-8/h6H,1-2H3. The van der Waals surface area contributed by atoms with E-state index in [1.165, 1.54) is 18.9 Å². The average molecular weight is 205 g/mol. The van der Waals surface area contributed by atoms with Gasteiger partial charge in [0.05, 0.1) is 7.11 Å². The van der Waals surface area contributed by atoms with E-state index in [1.807, 2.05) is 6.26 Å². The van der Waals surface area contributed by atoms with Crippen molar-refractivity contribution in [1.82, 2.24) is 8.94 Å². The first-order chi connectivity index (χ1) is 5.69. The molecule has 0 saturated carbocycles. The van der Waals surface area contributed by atoms with E-state index in [0.717, 1.165) is 15.5 Å². The Morgan fingerprint density at radius 1 is 1.83 bits per heavy atom. The zero-order chi connectivity index (χ0) is 9.14. The normalized spacial score (nSPS) is 9.83. The second-order valence-electron chi connectivity index (χ2n) is 1.76. The van der Waals surface area contributed by atoms with Gasteiger partial charge in [-0.15, -0.1) is 0 Å². The SMILES string of the molecule is COC(=O)n1sc(SC)nc1=N. The van der Waals surface area contributed by atoms with Crippen LogP contribution in [0.3, 0.4) is 0 Å². The fourth-order valence-corrected chi connectivity index (χ4v) is 1.82. The predicted molar refractivity (Wildman–Crippen MR) is 45.5 cm³/mol. The maximum absolute atomic E-state index is 10.9. The minimum absolute atomic E-state index is 0.0869. The molecule has 66 valence electrons. The van der Waals surface area contributed by atoms with Crippen LogP contribution in [0, 0.1) is 5.41 Å². The van der Waals surface area contributed by atoms with E-state index < -0.39 is 6.09 Å². The quantitative estimate of drug-likeness (QED) is 0.687. The molecule has 0 amide bonds. The van der Waals surface area contributed by atoms with E-state index in [1.54, 1.807) is 0 Å². The Bertz CT molecular complexity index is 343.